The number of hydrogen-bond acceptors (Lipinski definition) is 3. The fourth-order valence-electron chi connectivity index (χ4n) is 1.77. The monoisotopic (exact) mass is 169 g/mol. The predicted molar refractivity (Wildman–Crippen MR) is 44.9 cm³/mol. The van der Waals surface area contributed by atoms with E-state index in [1.165, 1.54) is 0 Å². The van der Waals surface area contributed by atoms with Gasteiger partial charge in [0, 0.05) is 18.9 Å². The van der Waals surface area contributed by atoms with Crippen LogP contribution < -0.4 is 5.32 Å². The van der Waals surface area contributed by atoms with E-state index in [2.05, 4.69) is 5.32 Å². The summed E-state index contributed by atoms with van der Waals surface area (Å²) in [5, 5.41) is 3.10. The molecular weight excluding hydrogens is 154 g/mol. The number of ketones is 1. The van der Waals surface area contributed by atoms with E-state index in [1.807, 2.05) is 7.05 Å². The third kappa shape index (κ3) is 1.67. The second-order valence-corrected chi connectivity index (χ2v) is 3.80. The van der Waals surface area contributed by atoms with Crippen molar-refractivity contribution >= 4 is 5.78 Å². The van der Waals surface area contributed by atoms with Crippen LogP contribution in [0.2, 0.25) is 0 Å². The summed E-state index contributed by atoms with van der Waals surface area (Å²) in [5.41, 5.74) is 0. The quantitative estimate of drug-likeness (QED) is 0.615. The lowest BCUT2D eigenvalue weighted by atomic mass is 10.1. The third-order valence-electron chi connectivity index (χ3n) is 2.74. The van der Waals surface area contributed by atoms with Crippen LogP contribution in [0, 0.1) is 5.92 Å². The molecule has 12 heavy (non-hydrogen) atoms. The van der Waals surface area contributed by atoms with Gasteiger partial charge in [0.2, 0.25) is 0 Å². The highest BCUT2D eigenvalue weighted by Gasteiger charge is 2.41. The van der Waals surface area contributed by atoms with Crippen molar-refractivity contribution in [3.05, 3.63) is 0 Å². The molecule has 1 saturated carbocycles. The van der Waals surface area contributed by atoms with Crippen molar-refractivity contribution in [2.24, 2.45) is 5.92 Å². The summed E-state index contributed by atoms with van der Waals surface area (Å²) in [4.78, 5) is 11.3. The fourth-order valence-corrected chi connectivity index (χ4v) is 1.77. The molecule has 1 aliphatic heterocycles. The zero-order chi connectivity index (χ0) is 8.55. The molecule has 0 radical (unpaired) electrons. The molecule has 0 aromatic heterocycles. The molecule has 3 nitrogen and oxygen atoms in total. The molecule has 3 atom stereocenters. The molecule has 0 amide bonds. The Hall–Kier alpha value is -0.410. The molecule has 2 rings (SSSR count). The SMILES string of the molecule is CNC1COC2CC2CC(=O)C1. The molecular formula is C9H15NO2. The number of carbonyl (C=O) groups is 1. The average Bonchev–Trinajstić information content (AvgIpc) is 2.72. The standard InChI is InChI=1S/C9H15NO2/c1-10-7-4-8(11)2-6-3-9(6)12-5-7/h6-7,9-10H,2-5H2,1H3. The summed E-state index contributed by atoms with van der Waals surface area (Å²) in [6, 6.07) is 0.235. The summed E-state index contributed by atoms with van der Waals surface area (Å²) < 4.78 is 5.59. The first kappa shape index (κ1) is 8.20. The Labute approximate surface area is 72.5 Å². The maximum absolute atomic E-state index is 11.3. The Morgan fingerprint density at radius 2 is 2.33 bits per heavy atom. The molecule has 1 N–H and O–H groups in total. The highest BCUT2D eigenvalue weighted by Crippen LogP contribution is 2.38. The van der Waals surface area contributed by atoms with Crippen molar-refractivity contribution in [1.29, 1.82) is 0 Å². The van der Waals surface area contributed by atoms with E-state index >= 15 is 0 Å². The Kier molecular flexibility index (Phi) is 2.15. The smallest absolute Gasteiger partial charge is 0.134 e. The number of ether oxygens (including phenoxy) is 1. The second kappa shape index (κ2) is 3.15. The maximum Gasteiger partial charge on any atom is 0.134 e. The van der Waals surface area contributed by atoms with Gasteiger partial charge in [0.05, 0.1) is 12.7 Å². The van der Waals surface area contributed by atoms with E-state index in [9.17, 15) is 4.79 Å². The Morgan fingerprint density at radius 3 is 3.08 bits per heavy atom. The van der Waals surface area contributed by atoms with Crippen molar-refractivity contribution in [1.82, 2.24) is 5.32 Å². The molecule has 3 unspecified atom stereocenters. The minimum absolute atomic E-state index is 0.235. The van der Waals surface area contributed by atoms with Gasteiger partial charge in [-0.05, 0) is 19.4 Å². The third-order valence-corrected chi connectivity index (χ3v) is 2.74. The number of hydrogen-bond donors (Lipinski definition) is 1. The van der Waals surface area contributed by atoms with E-state index in [-0.39, 0.29) is 6.04 Å². The van der Waals surface area contributed by atoms with Gasteiger partial charge in [-0.15, -0.1) is 0 Å². The predicted octanol–water partition coefficient (Wildman–Crippen LogP) is 0.342. The average molecular weight is 169 g/mol. The normalized spacial score (nSPS) is 41.4. The van der Waals surface area contributed by atoms with Gasteiger partial charge in [-0.1, -0.05) is 0 Å². The number of likely N-dealkylation sites (N-methyl/N-ethyl adjacent to an activating group) is 1. The van der Waals surface area contributed by atoms with Gasteiger partial charge in [-0.25, -0.2) is 0 Å². The summed E-state index contributed by atoms with van der Waals surface area (Å²) in [6.07, 6.45) is 2.87. The molecule has 2 aliphatic rings. The lowest BCUT2D eigenvalue weighted by Gasteiger charge is -2.17. The van der Waals surface area contributed by atoms with Crippen molar-refractivity contribution in [2.45, 2.75) is 31.4 Å². The van der Waals surface area contributed by atoms with E-state index in [1.54, 1.807) is 0 Å². The van der Waals surface area contributed by atoms with Gasteiger partial charge in [0.15, 0.2) is 0 Å². The van der Waals surface area contributed by atoms with Crippen LogP contribution in [0.25, 0.3) is 0 Å². The molecule has 68 valence electrons. The minimum Gasteiger partial charge on any atom is -0.376 e. The molecule has 0 aromatic rings. The van der Waals surface area contributed by atoms with Crippen LogP contribution in [0.15, 0.2) is 0 Å². The second-order valence-electron chi connectivity index (χ2n) is 3.80. The molecule has 1 heterocycles. The van der Waals surface area contributed by atoms with Crippen LogP contribution >= 0.6 is 0 Å². The molecule has 0 aromatic carbocycles. The lowest BCUT2D eigenvalue weighted by Crippen LogP contribution is -2.34. The highest BCUT2D eigenvalue weighted by molar-refractivity contribution is 5.79. The number of fused-ring (bicyclic) bond motifs is 1. The van der Waals surface area contributed by atoms with Crippen molar-refractivity contribution in [3.8, 4) is 0 Å². The van der Waals surface area contributed by atoms with E-state index < -0.39 is 0 Å². The molecule has 1 saturated heterocycles. The maximum atomic E-state index is 11.3. The first-order valence-corrected chi connectivity index (χ1v) is 4.60. The first-order chi connectivity index (χ1) is 5.79. The summed E-state index contributed by atoms with van der Waals surface area (Å²) in [5.74, 6) is 0.945. The van der Waals surface area contributed by atoms with Crippen LogP contribution in [0.5, 0.6) is 0 Å². The van der Waals surface area contributed by atoms with Crippen LogP contribution in [0.1, 0.15) is 19.3 Å². The van der Waals surface area contributed by atoms with Crippen LogP contribution in [-0.2, 0) is 9.53 Å². The number of Topliss-reactive ketones (excluding diaryl/α,β-unsaturated/α-hetero) is 1. The minimum atomic E-state index is 0.235. The molecule has 1 aliphatic carbocycles. The molecule has 0 bridgehead atoms. The summed E-state index contributed by atoms with van der Waals surface area (Å²) in [6.45, 7) is 0.698. The van der Waals surface area contributed by atoms with Crippen molar-refractivity contribution in [3.63, 3.8) is 0 Å². The molecule has 0 spiro atoms. The number of carbonyl (C=O) groups excluding carboxylic acids is 1. The first-order valence-electron chi connectivity index (χ1n) is 4.60. The van der Waals surface area contributed by atoms with Crippen molar-refractivity contribution in [2.75, 3.05) is 13.7 Å². The zero-order valence-corrected chi connectivity index (χ0v) is 7.38. The van der Waals surface area contributed by atoms with Crippen molar-refractivity contribution < 1.29 is 9.53 Å². The van der Waals surface area contributed by atoms with Gasteiger partial charge in [0.25, 0.3) is 0 Å². The Balaban J connectivity index is 1.92. The summed E-state index contributed by atoms with van der Waals surface area (Å²) >= 11 is 0. The fraction of sp³-hybridized carbons (Fsp3) is 0.889. The van der Waals surface area contributed by atoms with Gasteiger partial charge < -0.3 is 10.1 Å². The Bertz CT molecular complexity index is 193. The van der Waals surface area contributed by atoms with Gasteiger partial charge in [-0.3, -0.25) is 4.79 Å². The lowest BCUT2D eigenvalue weighted by molar-refractivity contribution is -0.121. The largest absolute Gasteiger partial charge is 0.376 e. The highest BCUT2D eigenvalue weighted by atomic mass is 16.5. The summed E-state index contributed by atoms with van der Waals surface area (Å²) in [7, 11) is 1.88. The van der Waals surface area contributed by atoms with Gasteiger partial charge in [-0.2, -0.15) is 0 Å². The zero-order valence-electron chi connectivity index (χ0n) is 7.38. The van der Waals surface area contributed by atoms with E-state index in [4.69, 9.17) is 4.74 Å². The van der Waals surface area contributed by atoms with E-state index in [0.29, 0.717) is 30.8 Å². The van der Waals surface area contributed by atoms with E-state index in [0.717, 1.165) is 12.8 Å². The topological polar surface area (TPSA) is 38.3 Å². The molecule has 2 fully saturated rings. The van der Waals surface area contributed by atoms with Crippen LogP contribution in [-0.4, -0.2) is 31.6 Å². The number of nitrogens with one attached hydrogen (secondary N) is 1. The van der Waals surface area contributed by atoms with Crippen LogP contribution in [0.3, 0.4) is 0 Å². The van der Waals surface area contributed by atoms with Gasteiger partial charge in [0.1, 0.15) is 5.78 Å². The van der Waals surface area contributed by atoms with Crippen LogP contribution in [0.4, 0.5) is 0 Å². The Morgan fingerprint density at radius 1 is 1.50 bits per heavy atom. The van der Waals surface area contributed by atoms with Gasteiger partial charge >= 0.3 is 0 Å². The number of rotatable bonds is 1. The molecule has 3 heteroatoms.